The first-order valence-electron chi connectivity index (χ1n) is 10.9. The summed E-state index contributed by atoms with van der Waals surface area (Å²) in [6.07, 6.45) is 0. The number of ether oxygens (including phenoxy) is 2. The van der Waals surface area contributed by atoms with Gasteiger partial charge in [0.05, 0.1) is 43.1 Å². The molecule has 0 saturated carbocycles. The molecule has 33 heavy (non-hydrogen) atoms. The lowest BCUT2D eigenvalue weighted by atomic mass is 10.2. The summed E-state index contributed by atoms with van der Waals surface area (Å²) in [5.41, 5.74) is 3.91. The van der Waals surface area contributed by atoms with Crippen LogP contribution in [0.4, 0.5) is 11.4 Å². The maximum Gasteiger partial charge on any atom is 0.146 e. The second kappa shape index (κ2) is 8.32. The van der Waals surface area contributed by atoms with Gasteiger partial charge in [-0.05, 0) is 37.4 Å². The second-order valence-electron chi connectivity index (χ2n) is 8.37. The van der Waals surface area contributed by atoms with E-state index < -0.39 is 0 Å². The third kappa shape index (κ3) is 3.74. The molecule has 1 aromatic heterocycles. The van der Waals surface area contributed by atoms with Gasteiger partial charge in [-0.25, -0.2) is 4.98 Å². The van der Waals surface area contributed by atoms with Crippen LogP contribution in [0.1, 0.15) is 5.82 Å². The lowest BCUT2D eigenvalue weighted by molar-refractivity contribution is 0.313. The number of aliphatic hydroxyl groups excluding tert-OH is 1. The number of methoxy groups -OCH3 is 2. The van der Waals surface area contributed by atoms with Crippen LogP contribution in [0.25, 0.3) is 16.6 Å². The Balaban J connectivity index is 1.44. The number of benzene rings is 2. The first kappa shape index (κ1) is 21.1. The van der Waals surface area contributed by atoms with E-state index in [-0.39, 0.29) is 18.1 Å². The lowest BCUT2D eigenvalue weighted by Crippen LogP contribution is -2.44. The standard InChI is InChI=1S/C24H28N6O3/c1-28-8-10-29(11-9-28)15-4-6-17-18(12-15)27-24(26-17)22-20(31)14-30(23(22)25)19-7-5-16(32-2)13-21(19)33-3/h4-7,12-13,25,31H,8-11,14H2,1-3H3,(H,26,27). The molecule has 0 aliphatic carbocycles. The fraction of sp³-hybridized carbons (Fsp3) is 0.333. The molecule has 3 heterocycles. The van der Waals surface area contributed by atoms with Crippen molar-refractivity contribution in [2.45, 2.75) is 0 Å². The SMILES string of the molecule is COc1ccc(N2CC(O)=C(c3nc4ccc(N5CCN(C)CC5)cc4[nH]3)C2=N)c(OC)c1. The number of nitrogens with one attached hydrogen (secondary N) is 2. The van der Waals surface area contributed by atoms with Gasteiger partial charge in [-0.15, -0.1) is 0 Å². The molecule has 3 aromatic rings. The Kier molecular flexibility index (Phi) is 5.33. The lowest BCUT2D eigenvalue weighted by Gasteiger charge is -2.34. The number of fused-ring (bicyclic) bond motifs is 1. The van der Waals surface area contributed by atoms with Gasteiger partial charge < -0.3 is 34.3 Å². The van der Waals surface area contributed by atoms with Crippen molar-refractivity contribution in [3.05, 3.63) is 48.0 Å². The Hall–Kier alpha value is -3.72. The van der Waals surface area contributed by atoms with Crippen molar-refractivity contribution in [3.8, 4) is 11.5 Å². The maximum absolute atomic E-state index is 10.8. The summed E-state index contributed by atoms with van der Waals surface area (Å²) in [5, 5.41) is 19.6. The quantitative estimate of drug-likeness (QED) is 0.551. The maximum atomic E-state index is 10.8. The molecule has 0 unspecified atom stereocenters. The molecule has 1 fully saturated rings. The number of imidazole rings is 1. The average Bonchev–Trinajstić information content (AvgIpc) is 3.37. The highest BCUT2D eigenvalue weighted by atomic mass is 16.5. The van der Waals surface area contributed by atoms with Gasteiger partial charge in [-0.1, -0.05) is 0 Å². The Morgan fingerprint density at radius 2 is 1.82 bits per heavy atom. The zero-order chi connectivity index (χ0) is 23.1. The number of hydrogen-bond donors (Lipinski definition) is 3. The van der Waals surface area contributed by atoms with Crippen molar-refractivity contribution >= 4 is 33.8 Å². The van der Waals surface area contributed by atoms with E-state index in [1.165, 1.54) is 0 Å². The summed E-state index contributed by atoms with van der Waals surface area (Å²) < 4.78 is 10.8. The number of anilines is 2. The minimum absolute atomic E-state index is 0.0937. The molecule has 1 saturated heterocycles. The number of piperazine rings is 1. The average molecular weight is 449 g/mol. The highest BCUT2D eigenvalue weighted by Crippen LogP contribution is 2.38. The van der Waals surface area contributed by atoms with Gasteiger partial charge in [0.2, 0.25) is 0 Å². The molecule has 0 bridgehead atoms. The van der Waals surface area contributed by atoms with Crippen molar-refractivity contribution in [1.82, 2.24) is 14.9 Å². The largest absolute Gasteiger partial charge is 0.509 e. The molecule has 2 aromatic carbocycles. The van der Waals surface area contributed by atoms with Gasteiger partial charge in [0.25, 0.3) is 0 Å². The van der Waals surface area contributed by atoms with Gasteiger partial charge >= 0.3 is 0 Å². The fourth-order valence-electron chi connectivity index (χ4n) is 4.42. The molecule has 5 rings (SSSR count). The van der Waals surface area contributed by atoms with Gasteiger partial charge in [-0.3, -0.25) is 5.41 Å². The van der Waals surface area contributed by atoms with E-state index in [1.54, 1.807) is 31.3 Å². The van der Waals surface area contributed by atoms with Crippen molar-refractivity contribution in [2.75, 3.05) is 63.8 Å². The zero-order valence-electron chi connectivity index (χ0n) is 19.1. The Morgan fingerprint density at radius 1 is 1.03 bits per heavy atom. The van der Waals surface area contributed by atoms with Crippen LogP contribution in [-0.2, 0) is 0 Å². The first-order chi connectivity index (χ1) is 16.0. The van der Waals surface area contributed by atoms with E-state index in [0.29, 0.717) is 28.6 Å². The van der Waals surface area contributed by atoms with Crippen LogP contribution in [0.2, 0.25) is 0 Å². The third-order valence-electron chi connectivity index (χ3n) is 6.35. The monoisotopic (exact) mass is 448 g/mol. The normalized spacial score (nSPS) is 17.4. The van der Waals surface area contributed by atoms with E-state index in [9.17, 15) is 5.11 Å². The number of aromatic amines is 1. The molecule has 2 aliphatic heterocycles. The predicted molar refractivity (Wildman–Crippen MR) is 130 cm³/mol. The summed E-state index contributed by atoms with van der Waals surface area (Å²) in [5.74, 6) is 1.96. The fourth-order valence-corrected chi connectivity index (χ4v) is 4.42. The number of aliphatic hydroxyl groups is 1. The molecule has 0 amide bonds. The Morgan fingerprint density at radius 3 is 2.55 bits per heavy atom. The second-order valence-corrected chi connectivity index (χ2v) is 8.37. The summed E-state index contributed by atoms with van der Waals surface area (Å²) in [4.78, 5) is 14.4. The van der Waals surface area contributed by atoms with Crippen molar-refractivity contribution in [3.63, 3.8) is 0 Å². The van der Waals surface area contributed by atoms with Crippen molar-refractivity contribution in [1.29, 1.82) is 5.41 Å². The van der Waals surface area contributed by atoms with Gasteiger partial charge in [0, 0.05) is 37.9 Å². The first-order valence-corrected chi connectivity index (χ1v) is 10.9. The van der Waals surface area contributed by atoms with Crippen LogP contribution in [0.3, 0.4) is 0 Å². The molecule has 9 heteroatoms. The van der Waals surface area contributed by atoms with Crippen molar-refractivity contribution in [2.24, 2.45) is 0 Å². The van der Waals surface area contributed by atoms with Gasteiger partial charge in [0.1, 0.15) is 28.9 Å². The molecule has 0 atom stereocenters. The number of hydrogen-bond acceptors (Lipinski definition) is 7. The van der Waals surface area contributed by atoms with Crippen LogP contribution in [0.15, 0.2) is 42.2 Å². The highest BCUT2D eigenvalue weighted by molar-refractivity contribution is 6.30. The predicted octanol–water partition coefficient (Wildman–Crippen LogP) is 3.10. The summed E-state index contributed by atoms with van der Waals surface area (Å²) in [6, 6.07) is 11.6. The molecular formula is C24H28N6O3. The third-order valence-corrected chi connectivity index (χ3v) is 6.35. The summed E-state index contributed by atoms with van der Waals surface area (Å²) >= 11 is 0. The number of H-pyrrole nitrogens is 1. The molecule has 0 spiro atoms. The van der Waals surface area contributed by atoms with Crippen LogP contribution in [0.5, 0.6) is 11.5 Å². The minimum atomic E-state index is 0.0937. The molecule has 172 valence electrons. The van der Waals surface area contributed by atoms with E-state index in [1.807, 2.05) is 12.1 Å². The van der Waals surface area contributed by atoms with Crippen molar-refractivity contribution < 1.29 is 14.6 Å². The van der Waals surface area contributed by atoms with E-state index in [0.717, 1.165) is 42.9 Å². The smallest absolute Gasteiger partial charge is 0.146 e. The Bertz CT molecular complexity index is 1240. The number of likely N-dealkylation sites (N-methyl/N-ethyl adjacent to an activating group) is 1. The summed E-state index contributed by atoms with van der Waals surface area (Å²) in [7, 11) is 5.31. The minimum Gasteiger partial charge on any atom is -0.509 e. The van der Waals surface area contributed by atoms with Crippen LogP contribution < -0.4 is 19.3 Å². The molecule has 3 N–H and O–H groups in total. The molecule has 9 nitrogen and oxygen atoms in total. The number of rotatable bonds is 5. The Labute approximate surface area is 192 Å². The van der Waals surface area contributed by atoms with Gasteiger partial charge in [0.15, 0.2) is 0 Å². The van der Waals surface area contributed by atoms with Crippen LogP contribution in [-0.4, -0.2) is 79.8 Å². The van der Waals surface area contributed by atoms with Crippen LogP contribution in [0, 0.1) is 5.41 Å². The molecular weight excluding hydrogens is 420 g/mol. The van der Waals surface area contributed by atoms with E-state index in [2.05, 4.69) is 38.9 Å². The number of aromatic nitrogens is 2. The topological polar surface area (TPSA) is 101 Å². The summed E-state index contributed by atoms with van der Waals surface area (Å²) in [6.45, 7) is 4.21. The van der Waals surface area contributed by atoms with E-state index in [4.69, 9.17) is 14.9 Å². The number of amidine groups is 1. The molecule has 0 radical (unpaired) electrons. The van der Waals surface area contributed by atoms with E-state index >= 15 is 0 Å². The zero-order valence-corrected chi connectivity index (χ0v) is 19.1. The number of nitrogens with zero attached hydrogens (tertiary/aromatic N) is 4. The highest BCUT2D eigenvalue weighted by Gasteiger charge is 2.33. The van der Waals surface area contributed by atoms with Crippen LogP contribution >= 0.6 is 0 Å². The molecule has 2 aliphatic rings. The van der Waals surface area contributed by atoms with Gasteiger partial charge in [-0.2, -0.15) is 0 Å².